The summed E-state index contributed by atoms with van der Waals surface area (Å²) in [5, 5.41) is 12.4. The van der Waals surface area contributed by atoms with E-state index in [0.29, 0.717) is 0 Å². The Kier molecular flexibility index (Phi) is 3.68. The second-order valence-corrected chi connectivity index (χ2v) is 5.94. The van der Waals surface area contributed by atoms with Crippen LogP contribution in [0.1, 0.15) is 22.1 Å². The number of aryl methyl sites for hydroxylation is 1. The van der Waals surface area contributed by atoms with E-state index in [1.54, 1.807) is 11.3 Å². The SMILES string of the molecule is Cc1sccc1C(O)c1ccc(-c2ccccc2)cc1. The van der Waals surface area contributed by atoms with Gasteiger partial charge in [-0.1, -0.05) is 54.6 Å². The van der Waals surface area contributed by atoms with E-state index < -0.39 is 6.10 Å². The Morgan fingerprint density at radius 2 is 1.50 bits per heavy atom. The van der Waals surface area contributed by atoms with Crippen molar-refractivity contribution in [2.24, 2.45) is 0 Å². The molecule has 0 aliphatic carbocycles. The van der Waals surface area contributed by atoms with E-state index in [0.717, 1.165) is 11.1 Å². The highest BCUT2D eigenvalue weighted by molar-refractivity contribution is 7.10. The Balaban J connectivity index is 1.89. The smallest absolute Gasteiger partial charge is 0.105 e. The molecule has 20 heavy (non-hydrogen) atoms. The van der Waals surface area contributed by atoms with Crippen LogP contribution in [-0.2, 0) is 0 Å². The summed E-state index contributed by atoms with van der Waals surface area (Å²) < 4.78 is 0. The van der Waals surface area contributed by atoms with Crippen molar-refractivity contribution >= 4 is 11.3 Å². The zero-order valence-electron chi connectivity index (χ0n) is 11.3. The summed E-state index contributed by atoms with van der Waals surface area (Å²) in [5.74, 6) is 0. The third-order valence-corrected chi connectivity index (χ3v) is 4.39. The van der Waals surface area contributed by atoms with Gasteiger partial charge in [0.2, 0.25) is 0 Å². The number of aliphatic hydroxyl groups is 1. The van der Waals surface area contributed by atoms with E-state index in [9.17, 15) is 5.11 Å². The standard InChI is InChI=1S/C18H16OS/c1-13-17(11-12-20-13)18(19)16-9-7-15(8-10-16)14-5-3-2-4-6-14/h2-12,18-19H,1H3. The van der Waals surface area contributed by atoms with Crippen LogP contribution in [0.3, 0.4) is 0 Å². The number of hydrogen-bond donors (Lipinski definition) is 1. The average Bonchev–Trinajstić information content (AvgIpc) is 2.94. The van der Waals surface area contributed by atoms with Gasteiger partial charge in [0.25, 0.3) is 0 Å². The fourth-order valence-electron chi connectivity index (χ4n) is 2.35. The molecule has 2 heteroatoms. The lowest BCUT2D eigenvalue weighted by Gasteiger charge is -2.12. The molecule has 3 aromatic rings. The third kappa shape index (κ3) is 2.53. The summed E-state index contributed by atoms with van der Waals surface area (Å²) in [6.07, 6.45) is -0.536. The Morgan fingerprint density at radius 3 is 2.10 bits per heavy atom. The van der Waals surface area contributed by atoms with Crippen LogP contribution in [0.25, 0.3) is 11.1 Å². The first-order chi connectivity index (χ1) is 9.75. The molecular weight excluding hydrogens is 264 g/mol. The van der Waals surface area contributed by atoms with Gasteiger partial charge in [-0.2, -0.15) is 0 Å². The molecule has 0 saturated heterocycles. The molecule has 1 N–H and O–H groups in total. The second kappa shape index (κ2) is 5.61. The van der Waals surface area contributed by atoms with Crippen LogP contribution in [0.4, 0.5) is 0 Å². The van der Waals surface area contributed by atoms with Gasteiger partial charge >= 0.3 is 0 Å². The number of rotatable bonds is 3. The fourth-order valence-corrected chi connectivity index (χ4v) is 3.08. The average molecular weight is 280 g/mol. The first-order valence-corrected chi connectivity index (χ1v) is 7.51. The zero-order valence-corrected chi connectivity index (χ0v) is 12.1. The molecule has 1 unspecified atom stereocenters. The first-order valence-electron chi connectivity index (χ1n) is 6.63. The van der Waals surface area contributed by atoms with E-state index in [4.69, 9.17) is 0 Å². The van der Waals surface area contributed by atoms with Crippen molar-refractivity contribution in [3.63, 3.8) is 0 Å². The predicted molar refractivity (Wildman–Crippen MR) is 85.0 cm³/mol. The molecule has 1 atom stereocenters. The van der Waals surface area contributed by atoms with Gasteiger partial charge < -0.3 is 5.11 Å². The molecule has 100 valence electrons. The van der Waals surface area contributed by atoms with Gasteiger partial charge in [0.1, 0.15) is 6.10 Å². The molecule has 0 aliphatic rings. The van der Waals surface area contributed by atoms with Crippen LogP contribution in [0.2, 0.25) is 0 Å². The molecule has 0 fully saturated rings. The molecule has 0 radical (unpaired) electrons. The maximum atomic E-state index is 10.4. The quantitative estimate of drug-likeness (QED) is 0.730. The molecular formula is C18H16OS. The largest absolute Gasteiger partial charge is 0.384 e. The monoisotopic (exact) mass is 280 g/mol. The lowest BCUT2D eigenvalue weighted by atomic mass is 9.99. The van der Waals surface area contributed by atoms with Crippen molar-refractivity contribution in [3.8, 4) is 11.1 Å². The molecule has 0 spiro atoms. The van der Waals surface area contributed by atoms with E-state index in [1.165, 1.54) is 16.0 Å². The molecule has 1 nitrogen and oxygen atoms in total. The number of hydrogen-bond acceptors (Lipinski definition) is 2. The fraction of sp³-hybridized carbons (Fsp3) is 0.111. The maximum absolute atomic E-state index is 10.4. The molecule has 0 amide bonds. The van der Waals surface area contributed by atoms with Crippen molar-refractivity contribution < 1.29 is 5.11 Å². The summed E-state index contributed by atoms with van der Waals surface area (Å²) in [7, 11) is 0. The van der Waals surface area contributed by atoms with E-state index in [-0.39, 0.29) is 0 Å². The normalized spacial score (nSPS) is 12.3. The van der Waals surface area contributed by atoms with Crippen LogP contribution in [-0.4, -0.2) is 5.11 Å². The predicted octanol–water partition coefficient (Wildman–Crippen LogP) is 4.81. The first kappa shape index (κ1) is 13.1. The van der Waals surface area contributed by atoms with Crippen molar-refractivity contribution in [3.05, 3.63) is 82.0 Å². The maximum Gasteiger partial charge on any atom is 0.105 e. The van der Waals surface area contributed by atoms with E-state index >= 15 is 0 Å². The summed E-state index contributed by atoms with van der Waals surface area (Å²) in [4.78, 5) is 1.17. The van der Waals surface area contributed by atoms with Crippen LogP contribution < -0.4 is 0 Å². The summed E-state index contributed by atoms with van der Waals surface area (Å²) >= 11 is 1.67. The highest BCUT2D eigenvalue weighted by atomic mass is 32.1. The lowest BCUT2D eigenvalue weighted by Crippen LogP contribution is -1.99. The lowest BCUT2D eigenvalue weighted by molar-refractivity contribution is 0.220. The van der Waals surface area contributed by atoms with Gasteiger partial charge in [-0.25, -0.2) is 0 Å². The van der Waals surface area contributed by atoms with Crippen molar-refractivity contribution in [2.75, 3.05) is 0 Å². The molecule has 1 heterocycles. The Hall–Kier alpha value is -1.90. The molecule has 0 aliphatic heterocycles. The van der Waals surface area contributed by atoms with Gasteiger partial charge in [-0.05, 0) is 40.6 Å². The van der Waals surface area contributed by atoms with Crippen molar-refractivity contribution in [1.82, 2.24) is 0 Å². The highest BCUT2D eigenvalue weighted by Crippen LogP contribution is 2.29. The molecule has 1 aromatic heterocycles. The van der Waals surface area contributed by atoms with Crippen molar-refractivity contribution in [2.45, 2.75) is 13.0 Å². The molecule has 0 saturated carbocycles. The number of thiophene rings is 1. The highest BCUT2D eigenvalue weighted by Gasteiger charge is 2.13. The Labute approximate surface area is 123 Å². The summed E-state index contributed by atoms with van der Waals surface area (Å²) in [5.41, 5.74) is 4.30. The minimum Gasteiger partial charge on any atom is -0.384 e. The molecule has 2 aromatic carbocycles. The zero-order chi connectivity index (χ0) is 13.9. The minimum absolute atomic E-state index is 0.536. The van der Waals surface area contributed by atoms with Gasteiger partial charge in [0.15, 0.2) is 0 Å². The number of benzene rings is 2. The van der Waals surface area contributed by atoms with Crippen LogP contribution >= 0.6 is 11.3 Å². The van der Waals surface area contributed by atoms with Crippen LogP contribution in [0.15, 0.2) is 66.0 Å². The van der Waals surface area contributed by atoms with Crippen LogP contribution in [0.5, 0.6) is 0 Å². The van der Waals surface area contributed by atoms with Gasteiger partial charge in [-0.3, -0.25) is 0 Å². The second-order valence-electron chi connectivity index (χ2n) is 4.82. The van der Waals surface area contributed by atoms with Crippen LogP contribution in [0, 0.1) is 6.92 Å². The summed E-state index contributed by atoms with van der Waals surface area (Å²) in [6.45, 7) is 2.04. The topological polar surface area (TPSA) is 20.2 Å². The van der Waals surface area contributed by atoms with E-state index in [1.807, 2.05) is 48.7 Å². The Morgan fingerprint density at radius 1 is 0.850 bits per heavy atom. The van der Waals surface area contributed by atoms with E-state index in [2.05, 4.69) is 24.3 Å². The van der Waals surface area contributed by atoms with Crippen molar-refractivity contribution in [1.29, 1.82) is 0 Å². The molecule has 3 rings (SSSR count). The van der Waals surface area contributed by atoms with Gasteiger partial charge in [0, 0.05) is 4.88 Å². The molecule has 0 bridgehead atoms. The summed E-state index contributed by atoms with van der Waals surface area (Å²) in [6, 6.07) is 20.4. The minimum atomic E-state index is -0.536. The Bertz CT molecular complexity index is 683. The van der Waals surface area contributed by atoms with Gasteiger partial charge in [-0.15, -0.1) is 11.3 Å². The third-order valence-electron chi connectivity index (χ3n) is 3.53. The number of aliphatic hydroxyl groups excluding tert-OH is 1. The van der Waals surface area contributed by atoms with Gasteiger partial charge in [0.05, 0.1) is 0 Å².